The van der Waals surface area contributed by atoms with E-state index in [0.29, 0.717) is 0 Å². The first kappa shape index (κ1) is 15.9. The van der Waals surface area contributed by atoms with E-state index in [-0.39, 0.29) is 29.3 Å². The fraction of sp³-hybridized carbons (Fsp3) is 0.143. The second kappa shape index (κ2) is 6.06. The van der Waals surface area contributed by atoms with Gasteiger partial charge in [0.25, 0.3) is 0 Å². The predicted molar refractivity (Wildman–Crippen MR) is 41.5 cm³/mol. The lowest BCUT2D eigenvalue weighted by Crippen LogP contribution is -3.00. The quantitative estimate of drug-likeness (QED) is 0.608. The van der Waals surface area contributed by atoms with E-state index in [2.05, 4.69) is 9.71 Å². The van der Waals surface area contributed by atoms with Gasteiger partial charge in [0.05, 0.1) is 0 Å². The summed E-state index contributed by atoms with van der Waals surface area (Å²) in [4.78, 5) is 2.77. The Balaban J connectivity index is 0. The highest BCUT2D eigenvalue weighted by Crippen LogP contribution is 2.24. The number of hydrogen-bond acceptors (Lipinski definition) is 2. The minimum atomic E-state index is -4.70. The largest absolute Gasteiger partial charge is 1.00 e. The Morgan fingerprint density at radius 3 is 1.93 bits per heavy atom. The van der Waals surface area contributed by atoms with E-state index < -0.39 is 6.36 Å². The second-order valence-electron chi connectivity index (χ2n) is 2.14. The molecule has 1 aromatic rings. The molecule has 0 spiro atoms. The van der Waals surface area contributed by atoms with Crippen LogP contribution >= 0.6 is 0 Å². The Hall–Kier alpha value is -1.52. The summed E-state index contributed by atoms with van der Waals surface area (Å²) in [7, 11) is 0. The molecule has 0 unspecified atom stereocenters. The van der Waals surface area contributed by atoms with Gasteiger partial charge in [-0.05, 0) is 12.1 Å². The van der Waals surface area contributed by atoms with Crippen molar-refractivity contribution < 1.29 is 35.8 Å². The van der Waals surface area contributed by atoms with Crippen molar-refractivity contribution in [3.05, 3.63) is 29.2 Å². The van der Waals surface area contributed by atoms with Crippen LogP contribution in [0.25, 0.3) is 4.98 Å². The fourth-order valence-electron chi connectivity index (χ4n) is 0.714. The molecule has 0 aliphatic heterocycles. The number of ether oxygens (including phenoxy) is 1. The first-order valence-corrected chi connectivity index (χ1v) is 3.22. The molecule has 0 atom stereocenters. The highest BCUT2D eigenvalue weighted by atomic mass is 35.5. The highest BCUT2D eigenvalue weighted by molar-refractivity contribution is 5.46. The van der Waals surface area contributed by atoms with Crippen molar-refractivity contribution in [2.75, 3.05) is 0 Å². The first-order valence-electron chi connectivity index (χ1n) is 3.22. The number of diazo groups is 1. The van der Waals surface area contributed by atoms with Gasteiger partial charge in [0.1, 0.15) is 5.75 Å². The molecule has 0 aromatic heterocycles. The summed E-state index contributed by atoms with van der Waals surface area (Å²) in [6.07, 6.45) is -4.70. The molecule has 0 aliphatic rings. The van der Waals surface area contributed by atoms with Crippen LogP contribution in [-0.2, 0) is 0 Å². The standard InChI is InChI=1S/C7H4F3N2O.ClH.H2O/c8-7(9,10)13-6-3-1-5(12-11)2-4-6;;/h1-4H;1H;1H2/q+1;;/p-1. The van der Waals surface area contributed by atoms with Gasteiger partial charge < -0.3 is 22.6 Å². The van der Waals surface area contributed by atoms with Crippen LogP contribution in [0.15, 0.2) is 24.3 Å². The molecule has 0 bridgehead atoms. The number of nitrogens with zero attached hydrogens (tertiary/aromatic N) is 2. The summed E-state index contributed by atoms with van der Waals surface area (Å²) >= 11 is 0. The van der Waals surface area contributed by atoms with Crippen LogP contribution in [0.5, 0.6) is 5.75 Å². The lowest BCUT2D eigenvalue weighted by Gasteiger charge is -2.06. The molecule has 0 saturated heterocycles. The number of hydrogen-bond donors (Lipinski definition) is 0. The maximum atomic E-state index is 11.6. The zero-order valence-electron chi connectivity index (χ0n) is 7.12. The lowest BCUT2D eigenvalue weighted by atomic mass is 10.3. The number of alkyl halides is 3. The van der Waals surface area contributed by atoms with Gasteiger partial charge in [0, 0.05) is 12.1 Å². The van der Waals surface area contributed by atoms with E-state index in [9.17, 15) is 13.2 Å². The van der Waals surface area contributed by atoms with Crippen molar-refractivity contribution >= 4 is 5.69 Å². The van der Waals surface area contributed by atoms with Crippen LogP contribution < -0.4 is 17.1 Å². The van der Waals surface area contributed by atoms with Crippen LogP contribution in [0, 0.1) is 5.39 Å². The second-order valence-corrected chi connectivity index (χ2v) is 2.14. The van der Waals surface area contributed by atoms with E-state index in [1.54, 1.807) is 0 Å². The Kier molecular flexibility index (Phi) is 6.43. The molecule has 0 aliphatic carbocycles. The number of benzene rings is 1. The van der Waals surface area contributed by atoms with Gasteiger partial charge in [-0.3, -0.25) is 0 Å². The van der Waals surface area contributed by atoms with Gasteiger partial charge in [0.15, 0.2) is 4.98 Å². The molecule has 1 rings (SSSR count). The molecule has 0 saturated carbocycles. The average Bonchev–Trinajstić information content (AvgIpc) is 2.03. The SMILES string of the molecule is N#[N+]c1ccc(OC(F)(F)F)cc1.O.[Cl-]. The summed E-state index contributed by atoms with van der Waals surface area (Å²) in [5, 5.41) is 8.22. The van der Waals surface area contributed by atoms with Crippen molar-refractivity contribution in [1.29, 1.82) is 5.39 Å². The first-order chi connectivity index (χ1) is 6.01. The third-order valence-electron chi connectivity index (χ3n) is 1.19. The third-order valence-corrected chi connectivity index (χ3v) is 1.19. The Morgan fingerprint density at radius 1 is 1.13 bits per heavy atom. The normalized spacial score (nSPS) is 9.20. The fourth-order valence-corrected chi connectivity index (χ4v) is 0.714. The van der Waals surface area contributed by atoms with Crippen molar-refractivity contribution in [3.63, 3.8) is 0 Å². The molecular weight excluding hydrogens is 237 g/mol. The summed E-state index contributed by atoms with van der Waals surface area (Å²) in [6.45, 7) is 0. The lowest BCUT2D eigenvalue weighted by molar-refractivity contribution is -0.274. The molecule has 2 N–H and O–H groups in total. The Labute approximate surface area is 89.0 Å². The van der Waals surface area contributed by atoms with Crippen molar-refractivity contribution in [2.45, 2.75) is 6.36 Å². The Bertz CT molecular complexity index is 334. The predicted octanol–water partition coefficient (Wildman–Crippen LogP) is -0.751. The minimum absolute atomic E-state index is 0. The molecule has 8 heteroatoms. The summed E-state index contributed by atoms with van der Waals surface area (Å²) in [5.74, 6) is -0.347. The van der Waals surface area contributed by atoms with Crippen molar-refractivity contribution in [1.82, 2.24) is 0 Å². The van der Waals surface area contributed by atoms with Gasteiger partial charge >= 0.3 is 12.0 Å². The van der Waals surface area contributed by atoms with E-state index >= 15 is 0 Å². The number of rotatable bonds is 1. The van der Waals surface area contributed by atoms with Gasteiger partial charge in [-0.2, -0.15) is 0 Å². The molecule has 1 aromatic carbocycles. The van der Waals surface area contributed by atoms with Gasteiger partial charge in [0.2, 0.25) is 5.39 Å². The summed E-state index contributed by atoms with van der Waals surface area (Å²) in [5.41, 5.74) is 0.162. The minimum Gasteiger partial charge on any atom is -1.00 e. The Morgan fingerprint density at radius 2 is 1.60 bits per heavy atom. The molecule has 0 heterocycles. The molecular formula is C7H6ClF3N2O2. The average molecular weight is 243 g/mol. The molecule has 0 fully saturated rings. The topological polar surface area (TPSA) is 68.9 Å². The van der Waals surface area contributed by atoms with Crippen LogP contribution in [0.2, 0.25) is 0 Å². The highest BCUT2D eigenvalue weighted by Gasteiger charge is 2.31. The van der Waals surface area contributed by atoms with E-state index in [0.717, 1.165) is 12.1 Å². The summed E-state index contributed by atoms with van der Waals surface area (Å²) in [6, 6.07) is 4.51. The smallest absolute Gasteiger partial charge is 0.573 e. The van der Waals surface area contributed by atoms with E-state index in [1.165, 1.54) is 12.1 Å². The van der Waals surface area contributed by atoms with Crippen LogP contribution in [-0.4, -0.2) is 11.8 Å². The van der Waals surface area contributed by atoms with Crippen molar-refractivity contribution in [2.24, 2.45) is 0 Å². The third kappa shape index (κ3) is 5.72. The van der Waals surface area contributed by atoms with Gasteiger partial charge in [-0.15, -0.1) is 13.2 Å². The maximum absolute atomic E-state index is 11.6. The summed E-state index contributed by atoms with van der Waals surface area (Å²) < 4.78 is 38.5. The molecule has 4 nitrogen and oxygen atoms in total. The van der Waals surface area contributed by atoms with Crippen LogP contribution in [0.3, 0.4) is 0 Å². The molecule has 84 valence electrons. The maximum Gasteiger partial charge on any atom is 0.573 e. The van der Waals surface area contributed by atoms with Crippen LogP contribution in [0.1, 0.15) is 0 Å². The molecule has 0 amide bonds. The van der Waals surface area contributed by atoms with Crippen LogP contribution in [0.4, 0.5) is 18.9 Å². The van der Waals surface area contributed by atoms with E-state index in [1.807, 2.05) is 0 Å². The zero-order valence-corrected chi connectivity index (χ0v) is 7.88. The van der Waals surface area contributed by atoms with Gasteiger partial charge in [-0.25, -0.2) is 0 Å². The molecule has 15 heavy (non-hydrogen) atoms. The number of halogens is 4. The van der Waals surface area contributed by atoms with Gasteiger partial charge in [-0.1, -0.05) is 0 Å². The van der Waals surface area contributed by atoms with E-state index in [4.69, 9.17) is 5.39 Å². The zero-order chi connectivity index (χ0) is 9.90. The molecule has 0 radical (unpaired) electrons. The van der Waals surface area contributed by atoms with Crippen molar-refractivity contribution in [3.8, 4) is 5.75 Å². The monoisotopic (exact) mass is 242 g/mol.